The van der Waals surface area contributed by atoms with Gasteiger partial charge in [0.05, 0.1) is 18.1 Å². The van der Waals surface area contributed by atoms with Gasteiger partial charge in [0, 0.05) is 0 Å². The lowest BCUT2D eigenvalue weighted by Crippen LogP contribution is -1.94. The Hall–Kier alpha value is -1.32. The van der Waals surface area contributed by atoms with E-state index in [1.54, 1.807) is 6.07 Å². The van der Waals surface area contributed by atoms with Crippen LogP contribution >= 0.6 is 15.9 Å². The van der Waals surface area contributed by atoms with Gasteiger partial charge in [-0.05, 0) is 40.0 Å². The minimum Gasteiger partial charge on any atom is -0.504 e. The summed E-state index contributed by atoms with van der Waals surface area (Å²) in [5, 5.41) is 9.56. The third-order valence-electron chi connectivity index (χ3n) is 2.03. The van der Waals surface area contributed by atoms with Crippen LogP contribution < -0.4 is 4.74 Å². The normalized spacial score (nSPS) is 9.53. The standard InChI is InChI=1S/C10H10BrNO3/c1-6-3-8(14)10(15-2)9(11)7(6)4-12-5-13/h3,14H,4H2,1-2H3. The van der Waals surface area contributed by atoms with Gasteiger partial charge < -0.3 is 9.84 Å². The minimum absolute atomic E-state index is 0.0562. The number of aromatic hydroxyl groups is 1. The third kappa shape index (κ3) is 2.37. The number of ether oxygens (including phenoxy) is 1. The van der Waals surface area contributed by atoms with Gasteiger partial charge in [-0.2, -0.15) is 0 Å². The number of nitrogens with zero attached hydrogens (tertiary/aromatic N) is 1. The van der Waals surface area contributed by atoms with Crippen molar-refractivity contribution >= 4 is 22.0 Å². The van der Waals surface area contributed by atoms with Crippen LogP contribution in [-0.2, 0) is 11.3 Å². The molecule has 0 fully saturated rings. The van der Waals surface area contributed by atoms with Crippen molar-refractivity contribution in [1.82, 2.24) is 0 Å². The maximum atomic E-state index is 10.0. The number of isocyanates is 1. The molecule has 0 heterocycles. The number of rotatable bonds is 3. The molecule has 1 rings (SSSR count). The van der Waals surface area contributed by atoms with E-state index in [2.05, 4.69) is 20.9 Å². The molecule has 0 unspecified atom stereocenters. The topological polar surface area (TPSA) is 58.9 Å². The van der Waals surface area contributed by atoms with Gasteiger partial charge in [0.25, 0.3) is 0 Å². The van der Waals surface area contributed by atoms with Gasteiger partial charge >= 0.3 is 0 Å². The number of phenols is 1. The largest absolute Gasteiger partial charge is 0.504 e. The molecule has 0 aliphatic carbocycles. The SMILES string of the molecule is COc1c(O)cc(C)c(CN=C=O)c1Br. The van der Waals surface area contributed by atoms with E-state index in [0.717, 1.165) is 11.1 Å². The van der Waals surface area contributed by atoms with Crippen molar-refractivity contribution in [3.05, 3.63) is 21.7 Å². The Bertz CT molecular complexity index is 425. The summed E-state index contributed by atoms with van der Waals surface area (Å²) in [4.78, 5) is 13.5. The molecule has 0 bridgehead atoms. The lowest BCUT2D eigenvalue weighted by Gasteiger charge is -2.11. The smallest absolute Gasteiger partial charge is 0.235 e. The van der Waals surface area contributed by atoms with E-state index >= 15 is 0 Å². The molecular weight excluding hydrogens is 262 g/mol. The van der Waals surface area contributed by atoms with E-state index in [1.165, 1.54) is 13.2 Å². The van der Waals surface area contributed by atoms with Gasteiger partial charge in [0.15, 0.2) is 11.5 Å². The lowest BCUT2D eigenvalue weighted by molar-refractivity contribution is 0.370. The zero-order chi connectivity index (χ0) is 11.4. The molecule has 0 aliphatic rings. The van der Waals surface area contributed by atoms with E-state index < -0.39 is 0 Å². The average molecular weight is 272 g/mol. The second-order valence-corrected chi connectivity index (χ2v) is 3.74. The molecule has 0 spiro atoms. The quantitative estimate of drug-likeness (QED) is 0.678. The van der Waals surface area contributed by atoms with Crippen LogP contribution in [0.2, 0.25) is 0 Å². The predicted molar refractivity (Wildman–Crippen MR) is 58.9 cm³/mol. The molecule has 0 amide bonds. The highest BCUT2D eigenvalue weighted by atomic mass is 79.9. The Morgan fingerprint density at radius 1 is 1.67 bits per heavy atom. The molecule has 0 saturated carbocycles. The first-order valence-electron chi connectivity index (χ1n) is 4.20. The van der Waals surface area contributed by atoms with Crippen LogP contribution in [0.5, 0.6) is 11.5 Å². The maximum Gasteiger partial charge on any atom is 0.235 e. The number of hydrogen-bond acceptors (Lipinski definition) is 4. The van der Waals surface area contributed by atoms with E-state index in [4.69, 9.17) is 4.74 Å². The van der Waals surface area contributed by atoms with Crippen molar-refractivity contribution in [2.24, 2.45) is 4.99 Å². The summed E-state index contributed by atoms with van der Waals surface area (Å²) in [7, 11) is 1.46. The zero-order valence-electron chi connectivity index (χ0n) is 8.37. The summed E-state index contributed by atoms with van der Waals surface area (Å²) < 4.78 is 5.63. The fourth-order valence-corrected chi connectivity index (χ4v) is 2.08. The summed E-state index contributed by atoms with van der Waals surface area (Å²) in [6, 6.07) is 1.57. The van der Waals surface area contributed by atoms with Crippen molar-refractivity contribution in [2.45, 2.75) is 13.5 Å². The molecule has 0 radical (unpaired) electrons. The highest BCUT2D eigenvalue weighted by Gasteiger charge is 2.14. The highest BCUT2D eigenvalue weighted by molar-refractivity contribution is 9.10. The Kier molecular flexibility index (Phi) is 3.88. The van der Waals surface area contributed by atoms with Crippen LogP contribution in [0.3, 0.4) is 0 Å². The monoisotopic (exact) mass is 271 g/mol. The summed E-state index contributed by atoms with van der Waals surface area (Å²) in [5.74, 6) is 0.400. The van der Waals surface area contributed by atoms with Gasteiger partial charge in [-0.25, -0.2) is 9.79 Å². The minimum atomic E-state index is 0.0562. The van der Waals surface area contributed by atoms with Crippen LogP contribution in [0, 0.1) is 6.92 Å². The molecular formula is C10H10BrNO3. The van der Waals surface area contributed by atoms with E-state index in [-0.39, 0.29) is 12.3 Å². The Balaban J connectivity index is 3.31. The van der Waals surface area contributed by atoms with Crippen LogP contribution in [0.15, 0.2) is 15.5 Å². The number of halogens is 1. The lowest BCUT2D eigenvalue weighted by atomic mass is 10.1. The molecule has 5 heteroatoms. The zero-order valence-corrected chi connectivity index (χ0v) is 9.96. The Labute approximate surface area is 95.7 Å². The second kappa shape index (κ2) is 4.96. The molecule has 0 aliphatic heterocycles. The van der Waals surface area contributed by atoms with Crippen molar-refractivity contribution in [3.63, 3.8) is 0 Å². The third-order valence-corrected chi connectivity index (χ3v) is 2.87. The summed E-state index contributed by atoms with van der Waals surface area (Å²) in [6.45, 7) is 2.03. The number of carbonyl (C=O) groups excluding carboxylic acids is 1. The Morgan fingerprint density at radius 3 is 2.87 bits per heavy atom. The fourth-order valence-electron chi connectivity index (χ4n) is 1.28. The van der Waals surface area contributed by atoms with Crippen molar-refractivity contribution in [3.8, 4) is 11.5 Å². The number of aliphatic imine (C=N–C) groups is 1. The molecule has 0 atom stereocenters. The molecule has 80 valence electrons. The average Bonchev–Trinajstić information content (AvgIpc) is 2.17. The number of phenolic OH excluding ortho intramolecular Hbond substituents is 1. The fraction of sp³-hybridized carbons (Fsp3) is 0.300. The molecule has 0 aromatic heterocycles. The van der Waals surface area contributed by atoms with Crippen LogP contribution in [0.1, 0.15) is 11.1 Å². The highest BCUT2D eigenvalue weighted by Crippen LogP contribution is 2.39. The summed E-state index contributed by atoms with van der Waals surface area (Å²) in [5.41, 5.74) is 1.63. The first-order valence-corrected chi connectivity index (χ1v) is 4.99. The summed E-state index contributed by atoms with van der Waals surface area (Å²) >= 11 is 3.30. The predicted octanol–water partition coefficient (Wildman–Crippen LogP) is 2.31. The van der Waals surface area contributed by atoms with Crippen molar-refractivity contribution in [2.75, 3.05) is 7.11 Å². The van der Waals surface area contributed by atoms with Crippen molar-refractivity contribution in [1.29, 1.82) is 0 Å². The number of hydrogen-bond donors (Lipinski definition) is 1. The summed E-state index contributed by atoms with van der Waals surface area (Å²) in [6.07, 6.45) is 1.47. The van der Waals surface area contributed by atoms with E-state index in [9.17, 15) is 9.90 Å². The molecule has 1 N–H and O–H groups in total. The maximum absolute atomic E-state index is 10.0. The van der Waals surface area contributed by atoms with Crippen LogP contribution in [0.4, 0.5) is 0 Å². The Morgan fingerprint density at radius 2 is 2.33 bits per heavy atom. The van der Waals surface area contributed by atoms with Crippen LogP contribution in [0.25, 0.3) is 0 Å². The first kappa shape index (κ1) is 11.8. The number of methoxy groups -OCH3 is 1. The molecule has 15 heavy (non-hydrogen) atoms. The van der Waals surface area contributed by atoms with E-state index in [1.807, 2.05) is 6.92 Å². The molecule has 0 saturated heterocycles. The molecule has 1 aromatic rings. The molecule has 1 aromatic carbocycles. The molecule has 4 nitrogen and oxygen atoms in total. The van der Waals surface area contributed by atoms with E-state index in [0.29, 0.717) is 10.2 Å². The van der Waals surface area contributed by atoms with Gasteiger partial charge in [0.2, 0.25) is 6.08 Å². The van der Waals surface area contributed by atoms with Crippen molar-refractivity contribution < 1.29 is 14.6 Å². The van der Waals surface area contributed by atoms with Gasteiger partial charge in [-0.15, -0.1) is 0 Å². The second-order valence-electron chi connectivity index (χ2n) is 2.95. The van der Waals surface area contributed by atoms with Gasteiger partial charge in [0.1, 0.15) is 0 Å². The number of aryl methyl sites for hydroxylation is 1. The van der Waals surface area contributed by atoms with Crippen LogP contribution in [-0.4, -0.2) is 18.3 Å². The van der Waals surface area contributed by atoms with Gasteiger partial charge in [-0.3, -0.25) is 0 Å². The number of benzene rings is 1. The van der Waals surface area contributed by atoms with Gasteiger partial charge in [-0.1, -0.05) is 0 Å². The first-order chi connectivity index (χ1) is 7.11.